The molecule has 0 bridgehead atoms. The first-order valence-electron chi connectivity index (χ1n) is 3.36. The molecular formula is C7H11N3O. The highest BCUT2D eigenvalue weighted by Crippen LogP contribution is 1.99. The fourth-order valence-corrected chi connectivity index (χ4v) is 0.750. The third-order valence-corrected chi connectivity index (χ3v) is 1.39. The molecule has 0 spiro atoms. The van der Waals surface area contributed by atoms with Crippen molar-refractivity contribution < 1.29 is 4.84 Å². The normalized spacial score (nSPS) is 10.0. The van der Waals surface area contributed by atoms with Crippen molar-refractivity contribution in [2.75, 3.05) is 7.11 Å². The van der Waals surface area contributed by atoms with E-state index >= 15 is 0 Å². The highest BCUT2D eigenvalue weighted by molar-refractivity contribution is 5.12. The monoisotopic (exact) mass is 153 g/mol. The van der Waals surface area contributed by atoms with Crippen LogP contribution in [0.4, 0.5) is 0 Å². The zero-order valence-electron chi connectivity index (χ0n) is 6.66. The van der Waals surface area contributed by atoms with Crippen molar-refractivity contribution in [1.29, 1.82) is 0 Å². The van der Waals surface area contributed by atoms with Crippen molar-refractivity contribution in [1.82, 2.24) is 15.4 Å². The molecule has 1 aromatic heterocycles. The molecule has 0 aliphatic rings. The lowest BCUT2D eigenvalue weighted by molar-refractivity contribution is 0.0856. The van der Waals surface area contributed by atoms with Gasteiger partial charge in [-0.3, -0.25) is 0 Å². The van der Waals surface area contributed by atoms with Gasteiger partial charge in [0.15, 0.2) is 0 Å². The molecule has 0 fully saturated rings. The van der Waals surface area contributed by atoms with Crippen molar-refractivity contribution in [2.24, 2.45) is 0 Å². The van der Waals surface area contributed by atoms with Gasteiger partial charge in [-0.25, -0.2) is 9.97 Å². The van der Waals surface area contributed by atoms with Gasteiger partial charge in [0.1, 0.15) is 6.33 Å². The molecule has 1 N–H and O–H groups in total. The molecule has 0 saturated heterocycles. The Hall–Kier alpha value is -1.00. The maximum atomic E-state index is 4.69. The predicted octanol–water partition coefficient (Wildman–Crippen LogP) is 0.436. The third kappa shape index (κ3) is 2.25. The summed E-state index contributed by atoms with van der Waals surface area (Å²) in [7, 11) is 1.58. The SMILES string of the molecule is CONCc1ncncc1C. The van der Waals surface area contributed by atoms with Crippen molar-refractivity contribution in [3.05, 3.63) is 23.8 Å². The number of aromatic nitrogens is 2. The fourth-order valence-electron chi connectivity index (χ4n) is 0.750. The van der Waals surface area contributed by atoms with Gasteiger partial charge in [0.2, 0.25) is 0 Å². The largest absolute Gasteiger partial charge is 0.305 e. The van der Waals surface area contributed by atoms with E-state index in [1.165, 1.54) is 6.33 Å². The van der Waals surface area contributed by atoms with E-state index in [-0.39, 0.29) is 0 Å². The minimum Gasteiger partial charge on any atom is -0.305 e. The zero-order chi connectivity index (χ0) is 8.10. The molecule has 0 unspecified atom stereocenters. The van der Waals surface area contributed by atoms with Crippen molar-refractivity contribution in [3.63, 3.8) is 0 Å². The first-order chi connectivity index (χ1) is 5.34. The van der Waals surface area contributed by atoms with Gasteiger partial charge in [-0.05, 0) is 12.5 Å². The first-order valence-corrected chi connectivity index (χ1v) is 3.36. The number of hydrogen-bond acceptors (Lipinski definition) is 4. The minimum atomic E-state index is 0.616. The molecule has 4 heteroatoms. The van der Waals surface area contributed by atoms with E-state index in [0.717, 1.165) is 11.3 Å². The number of hydrogen-bond donors (Lipinski definition) is 1. The van der Waals surface area contributed by atoms with E-state index < -0.39 is 0 Å². The van der Waals surface area contributed by atoms with Crippen LogP contribution in [0.15, 0.2) is 12.5 Å². The van der Waals surface area contributed by atoms with E-state index in [1.807, 2.05) is 6.92 Å². The average Bonchev–Trinajstić information content (AvgIpc) is 2.03. The molecule has 1 rings (SSSR count). The lowest BCUT2D eigenvalue weighted by Crippen LogP contribution is -2.13. The van der Waals surface area contributed by atoms with E-state index in [2.05, 4.69) is 15.4 Å². The standard InChI is InChI=1S/C7H11N3O/c1-6-3-8-5-9-7(6)4-10-11-2/h3,5,10H,4H2,1-2H3. The molecule has 4 nitrogen and oxygen atoms in total. The second-order valence-electron chi connectivity index (χ2n) is 2.18. The van der Waals surface area contributed by atoms with Gasteiger partial charge >= 0.3 is 0 Å². The fraction of sp³-hybridized carbons (Fsp3) is 0.429. The van der Waals surface area contributed by atoms with Crippen LogP contribution in [0.2, 0.25) is 0 Å². The van der Waals surface area contributed by atoms with E-state index in [0.29, 0.717) is 6.54 Å². The molecule has 0 radical (unpaired) electrons. The summed E-state index contributed by atoms with van der Waals surface area (Å²) >= 11 is 0. The van der Waals surface area contributed by atoms with Crippen molar-refractivity contribution >= 4 is 0 Å². The van der Waals surface area contributed by atoms with Gasteiger partial charge in [-0.1, -0.05) is 0 Å². The predicted molar refractivity (Wildman–Crippen MR) is 40.6 cm³/mol. The van der Waals surface area contributed by atoms with Crippen LogP contribution in [-0.4, -0.2) is 17.1 Å². The summed E-state index contributed by atoms with van der Waals surface area (Å²) in [6, 6.07) is 0. The quantitative estimate of drug-likeness (QED) is 0.640. The van der Waals surface area contributed by atoms with Gasteiger partial charge in [0.05, 0.1) is 19.3 Å². The summed E-state index contributed by atoms with van der Waals surface area (Å²) in [4.78, 5) is 12.6. The maximum absolute atomic E-state index is 4.69. The molecule has 1 aromatic rings. The topological polar surface area (TPSA) is 47.0 Å². The van der Waals surface area contributed by atoms with Crippen LogP contribution < -0.4 is 5.48 Å². The maximum Gasteiger partial charge on any atom is 0.115 e. The lowest BCUT2D eigenvalue weighted by atomic mass is 10.2. The molecule has 11 heavy (non-hydrogen) atoms. The Morgan fingerprint density at radius 2 is 2.45 bits per heavy atom. The summed E-state index contributed by atoms with van der Waals surface area (Å²) in [6.45, 7) is 2.58. The van der Waals surface area contributed by atoms with E-state index in [4.69, 9.17) is 4.84 Å². The lowest BCUT2D eigenvalue weighted by Gasteiger charge is -2.02. The van der Waals surface area contributed by atoms with E-state index in [1.54, 1.807) is 13.3 Å². The number of rotatable bonds is 3. The second kappa shape index (κ2) is 4.00. The Morgan fingerprint density at radius 3 is 3.09 bits per heavy atom. The summed E-state index contributed by atoms with van der Waals surface area (Å²) in [5.74, 6) is 0. The van der Waals surface area contributed by atoms with E-state index in [9.17, 15) is 0 Å². The van der Waals surface area contributed by atoms with Crippen LogP contribution in [0.25, 0.3) is 0 Å². The Labute approximate surface area is 65.6 Å². The number of nitrogens with one attached hydrogen (secondary N) is 1. The third-order valence-electron chi connectivity index (χ3n) is 1.39. The Balaban J connectivity index is 2.62. The Morgan fingerprint density at radius 1 is 1.64 bits per heavy atom. The van der Waals surface area contributed by atoms with Gasteiger partial charge in [-0.2, -0.15) is 5.48 Å². The molecule has 0 saturated carbocycles. The zero-order valence-corrected chi connectivity index (χ0v) is 6.66. The smallest absolute Gasteiger partial charge is 0.115 e. The number of nitrogens with zero attached hydrogens (tertiary/aromatic N) is 2. The molecule has 0 aromatic carbocycles. The summed E-state index contributed by atoms with van der Waals surface area (Å²) < 4.78 is 0. The number of hydroxylamine groups is 1. The molecule has 60 valence electrons. The van der Waals surface area contributed by atoms with Gasteiger partial charge < -0.3 is 4.84 Å². The second-order valence-corrected chi connectivity index (χ2v) is 2.18. The summed E-state index contributed by atoms with van der Waals surface area (Å²) in [6.07, 6.45) is 3.30. The summed E-state index contributed by atoms with van der Waals surface area (Å²) in [5, 5.41) is 0. The highest BCUT2D eigenvalue weighted by atomic mass is 16.6. The van der Waals surface area contributed by atoms with Gasteiger partial charge in [0, 0.05) is 6.20 Å². The van der Waals surface area contributed by atoms with Crippen LogP contribution >= 0.6 is 0 Å². The Kier molecular flexibility index (Phi) is 2.95. The average molecular weight is 153 g/mol. The summed E-state index contributed by atoms with van der Waals surface area (Å²) in [5.41, 5.74) is 4.74. The highest BCUT2D eigenvalue weighted by Gasteiger charge is 1.96. The van der Waals surface area contributed by atoms with Crippen molar-refractivity contribution in [3.8, 4) is 0 Å². The molecular weight excluding hydrogens is 142 g/mol. The molecule has 0 aliphatic carbocycles. The van der Waals surface area contributed by atoms with Gasteiger partial charge in [-0.15, -0.1) is 0 Å². The Bertz CT molecular complexity index is 227. The van der Waals surface area contributed by atoms with Crippen LogP contribution in [-0.2, 0) is 11.4 Å². The van der Waals surface area contributed by atoms with Crippen LogP contribution in [0.5, 0.6) is 0 Å². The van der Waals surface area contributed by atoms with Crippen molar-refractivity contribution in [2.45, 2.75) is 13.5 Å². The minimum absolute atomic E-state index is 0.616. The molecule has 1 heterocycles. The molecule has 0 atom stereocenters. The van der Waals surface area contributed by atoms with Crippen LogP contribution in [0, 0.1) is 6.92 Å². The van der Waals surface area contributed by atoms with Crippen LogP contribution in [0.3, 0.4) is 0 Å². The first kappa shape index (κ1) is 8.10. The molecule has 0 aliphatic heterocycles. The number of aryl methyl sites for hydroxylation is 1. The van der Waals surface area contributed by atoms with Gasteiger partial charge in [0.25, 0.3) is 0 Å². The molecule has 0 amide bonds. The van der Waals surface area contributed by atoms with Crippen LogP contribution in [0.1, 0.15) is 11.3 Å².